The van der Waals surface area contributed by atoms with Gasteiger partial charge in [-0.05, 0) is 22.9 Å². The van der Waals surface area contributed by atoms with Gasteiger partial charge in [0.25, 0.3) is 6.43 Å². The van der Waals surface area contributed by atoms with Crippen molar-refractivity contribution in [2.24, 2.45) is 0 Å². The summed E-state index contributed by atoms with van der Waals surface area (Å²) in [5.41, 5.74) is -0.491. The maximum Gasteiger partial charge on any atom is 0.268 e. The van der Waals surface area contributed by atoms with Crippen molar-refractivity contribution in [1.82, 2.24) is 0 Å². The molecule has 74 valence electrons. The normalized spacial score (nSPS) is 11.4. The summed E-state index contributed by atoms with van der Waals surface area (Å²) in [5, 5.41) is 20.6. The molecule has 2 rings (SSSR count). The number of aromatic hydroxyl groups is 2. The number of halogens is 2. The molecule has 0 unspecified atom stereocenters. The molecule has 0 amide bonds. The topological polar surface area (TPSA) is 40.5 Å². The smallest absolute Gasteiger partial charge is 0.268 e. The molecule has 0 aliphatic heterocycles. The second-order valence-corrected chi connectivity index (χ2v) is 3.71. The van der Waals surface area contributed by atoms with Gasteiger partial charge in [-0.3, -0.25) is 0 Å². The first kappa shape index (κ1) is 9.21. The Bertz CT molecular complexity index is 479. The summed E-state index contributed by atoms with van der Waals surface area (Å²) in [7, 11) is 0. The summed E-state index contributed by atoms with van der Waals surface area (Å²) in [5.74, 6) is -1.24. The van der Waals surface area contributed by atoms with Crippen molar-refractivity contribution >= 4 is 21.4 Å². The van der Waals surface area contributed by atoms with Crippen molar-refractivity contribution in [1.29, 1.82) is 0 Å². The highest BCUT2D eigenvalue weighted by atomic mass is 32.1. The van der Waals surface area contributed by atoms with Crippen molar-refractivity contribution < 1.29 is 19.0 Å². The maximum absolute atomic E-state index is 12.6. The number of alkyl halides is 2. The van der Waals surface area contributed by atoms with E-state index in [1.54, 1.807) is 11.4 Å². The summed E-state index contributed by atoms with van der Waals surface area (Å²) in [6, 6.07) is 2.89. The van der Waals surface area contributed by atoms with E-state index in [9.17, 15) is 19.0 Å². The van der Waals surface area contributed by atoms with Crippen LogP contribution in [0.1, 0.15) is 12.0 Å². The average Bonchev–Trinajstić information content (AvgIpc) is 2.52. The van der Waals surface area contributed by atoms with E-state index < -0.39 is 23.5 Å². The maximum atomic E-state index is 12.6. The summed E-state index contributed by atoms with van der Waals surface area (Å²) in [6.07, 6.45) is -2.79. The minimum Gasteiger partial charge on any atom is -0.504 e. The van der Waals surface area contributed by atoms with Crippen LogP contribution >= 0.6 is 11.3 Å². The van der Waals surface area contributed by atoms with Crippen molar-refractivity contribution in [3.63, 3.8) is 0 Å². The highest BCUT2D eigenvalue weighted by Gasteiger charge is 2.20. The largest absolute Gasteiger partial charge is 0.504 e. The zero-order valence-electron chi connectivity index (χ0n) is 6.87. The van der Waals surface area contributed by atoms with Crippen molar-refractivity contribution in [3.05, 3.63) is 23.1 Å². The first-order valence-corrected chi connectivity index (χ1v) is 4.69. The van der Waals surface area contributed by atoms with Crippen molar-refractivity contribution in [3.8, 4) is 11.5 Å². The lowest BCUT2D eigenvalue weighted by Crippen LogP contribution is -1.86. The van der Waals surface area contributed by atoms with Crippen LogP contribution in [0.25, 0.3) is 10.1 Å². The van der Waals surface area contributed by atoms with Crippen LogP contribution in [0.5, 0.6) is 11.5 Å². The first-order valence-electron chi connectivity index (χ1n) is 3.81. The Morgan fingerprint density at radius 3 is 2.64 bits per heavy atom. The van der Waals surface area contributed by atoms with Gasteiger partial charge < -0.3 is 10.2 Å². The second kappa shape index (κ2) is 3.09. The predicted octanol–water partition coefficient (Wildman–Crippen LogP) is 3.25. The molecule has 2 aromatic rings. The van der Waals surface area contributed by atoms with Crippen LogP contribution in [0.3, 0.4) is 0 Å². The number of rotatable bonds is 1. The quantitative estimate of drug-likeness (QED) is 0.718. The van der Waals surface area contributed by atoms with E-state index in [4.69, 9.17) is 0 Å². The Kier molecular flexibility index (Phi) is 2.03. The molecule has 0 bridgehead atoms. The third-order valence-electron chi connectivity index (χ3n) is 1.95. The fourth-order valence-electron chi connectivity index (χ4n) is 1.32. The predicted molar refractivity (Wildman–Crippen MR) is 50.1 cm³/mol. The van der Waals surface area contributed by atoms with E-state index in [1.165, 1.54) is 6.07 Å². The molecule has 1 heterocycles. The van der Waals surface area contributed by atoms with E-state index in [0.29, 0.717) is 10.1 Å². The van der Waals surface area contributed by atoms with E-state index in [-0.39, 0.29) is 0 Å². The Hall–Kier alpha value is -1.36. The third kappa shape index (κ3) is 1.21. The summed E-state index contributed by atoms with van der Waals surface area (Å²) in [6.45, 7) is 0. The second-order valence-electron chi connectivity index (χ2n) is 2.80. The van der Waals surface area contributed by atoms with Crippen LogP contribution in [-0.2, 0) is 0 Å². The van der Waals surface area contributed by atoms with Crippen LogP contribution < -0.4 is 0 Å². The monoisotopic (exact) mass is 216 g/mol. The standard InChI is InChI=1S/C9H6F2O2S/c10-9(11)6-7(13)5(12)3-4-1-2-14-8(4)6/h1-3,9,12-13H. The number of hydrogen-bond donors (Lipinski definition) is 2. The van der Waals surface area contributed by atoms with Gasteiger partial charge in [0.2, 0.25) is 0 Å². The van der Waals surface area contributed by atoms with Crippen molar-refractivity contribution in [2.75, 3.05) is 0 Å². The zero-order chi connectivity index (χ0) is 10.3. The van der Waals surface area contributed by atoms with Gasteiger partial charge in [0.15, 0.2) is 11.5 Å². The van der Waals surface area contributed by atoms with Gasteiger partial charge in [-0.15, -0.1) is 11.3 Å². The van der Waals surface area contributed by atoms with Gasteiger partial charge in [0.1, 0.15) is 0 Å². The fraction of sp³-hybridized carbons (Fsp3) is 0.111. The lowest BCUT2D eigenvalue weighted by molar-refractivity contribution is 0.148. The molecule has 1 aromatic carbocycles. The van der Waals surface area contributed by atoms with Gasteiger partial charge in [-0.1, -0.05) is 0 Å². The number of phenolic OH excluding ortho intramolecular Hbond substituents is 2. The Labute approximate surface area is 82.0 Å². The van der Waals surface area contributed by atoms with Crippen molar-refractivity contribution in [2.45, 2.75) is 6.43 Å². The molecule has 0 atom stereocenters. The number of phenols is 2. The number of thiophene rings is 1. The molecular formula is C9H6F2O2S. The molecule has 0 radical (unpaired) electrons. The summed E-state index contributed by atoms with van der Waals surface area (Å²) in [4.78, 5) is 0. The zero-order valence-corrected chi connectivity index (χ0v) is 7.68. The first-order chi connectivity index (χ1) is 6.61. The van der Waals surface area contributed by atoms with Crippen LogP contribution in [-0.4, -0.2) is 10.2 Å². The lowest BCUT2D eigenvalue weighted by Gasteiger charge is -2.06. The number of hydrogen-bond acceptors (Lipinski definition) is 3. The van der Waals surface area contributed by atoms with E-state index in [1.807, 2.05) is 0 Å². The summed E-state index contributed by atoms with van der Waals surface area (Å²) < 4.78 is 25.4. The lowest BCUT2D eigenvalue weighted by atomic mass is 10.1. The van der Waals surface area contributed by atoms with Crippen LogP contribution in [0.2, 0.25) is 0 Å². The minimum absolute atomic E-state index is 0.315. The molecule has 0 fully saturated rings. The Morgan fingerprint density at radius 1 is 1.29 bits per heavy atom. The highest BCUT2D eigenvalue weighted by Crippen LogP contribution is 2.43. The van der Waals surface area contributed by atoms with E-state index in [0.717, 1.165) is 11.3 Å². The van der Waals surface area contributed by atoms with Gasteiger partial charge >= 0.3 is 0 Å². The van der Waals surface area contributed by atoms with Gasteiger partial charge in [-0.25, -0.2) is 8.78 Å². The highest BCUT2D eigenvalue weighted by molar-refractivity contribution is 7.17. The summed E-state index contributed by atoms with van der Waals surface area (Å²) >= 11 is 1.11. The van der Waals surface area contributed by atoms with Crippen LogP contribution in [0.4, 0.5) is 8.78 Å². The van der Waals surface area contributed by atoms with Crippen LogP contribution in [0, 0.1) is 0 Å². The molecule has 1 aromatic heterocycles. The Morgan fingerprint density at radius 2 is 2.00 bits per heavy atom. The minimum atomic E-state index is -2.79. The van der Waals surface area contributed by atoms with Gasteiger partial charge in [-0.2, -0.15) is 0 Å². The SMILES string of the molecule is Oc1cc2ccsc2c(C(F)F)c1O. The third-order valence-corrected chi connectivity index (χ3v) is 2.91. The molecule has 0 aliphatic rings. The number of benzene rings is 1. The molecule has 2 nitrogen and oxygen atoms in total. The van der Waals surface area contributed by atoms with Gasteiger partial charge in [0.05, 0.1) is 5.56 Å². The fourth-order valence-corrected chi connectivity index (χ4v) is 2.24. The van der Waals surface area contributed by atoms with E-state index in [2.05, 4.69) is 0 Å². The Balaban J connectivity index is 2.86. The van der Waals surface area contributed by atoms with E-state index >= 15 is 0 Å². The molecule has 0 saturated carbocycles. The number of fused-ring (bicyclic) bond motifs is 1. The molecule has 0 spiro atoms. The molecule has 0 aliphatic carbocycles. The molecule has 2 N–H and O–H groups in total. The van der Waals surface area contributed by atoms with Crippen LogP contribution in [0.15, 0.2) is 17.5 Å². The molecule has 0 saturated heterocycles. The van der Waals surface area contributed by atoms with Gasteiger partial charge in [0, 0.05) is 4.70 Å². The average molecular weight is 216 g/mol. The molecular weight excluding hydrogens is 210 g/mol. The molecule has 14 heavy (non-hydrogen) atoms. The molecule has 5 heteroatoms.